The molecule has 2 saturated heterocycles. The van der Waals surface area contributed by atoms with E-state index in [9.17, 15) is 9.59 Å². The summed E-state index contributed by atoms with van der Waals surface area (Å²) in [6, 6.07) is 19.6. The van der Waals surface area contributed by atoms with E-state index >= 15 is 0 Å². The standard InChI is InChI=1S/C23H26N2O2/c26-22(19-12-6-2-7-13-19)25-16-20(18-10-4-1-5-11-18)21(17-25)23(27)24-14-8-3-9-15-24/h1-2,4-7,10-13,20-21H,3,8-9,14-17H2. The number of nitrogens with zero attached hydrogens (tertiary/aromatic N) is 2. The van der Waals surface area contributed by atoms with E-state index in [0.29, 0.717) is 18.7 Å². The first-order valence-corrected chi connectivity index (χ1v) is 9.92. The van der Waals surface area contributed by atoms with E-state index in [4.69, 9.17) is 0 Å². The Morgan fingerprint density at radius 3 is 2.04 bits per heavy atom. The Morgan fingerprint density at radius 1 is 0.741 bits per heavy atom. The lowest BCUT2D eigenvalue weighted by molar-refractivity contribution is -0.136. The lowest BCUT2D eigenvalue weighted by Crippen LogP contribution is -2.42. The van der Waals surface area contributed by atoms with E-state index in [1.807, 2.05) is 58.3 Å². The monoisotopic (exact) mass is 362 g/mol. The van der Waals surface area contributed by atoms with Crippen LogP contribution in [-0.4, -0.2) is 47.8 Å². The predicted octanol–water partition coefficient (Wildman–Crippen LogP) is 3.55. The molecule has 0 spiro atoms. The molecule has 0 aliphatic carbocycles. The van der Waals surface area contributed by atoms with Crippen LogP contribution in [0.1, 0.15) is 41.1 Å². The second-order valence-corrected chi connectivity index (χ2v) is 7.59. The molecule has 2 amide bonds. The molecule has 4 heteroatoms. The lowest BCUT2D eigenvalue weighted by atomic mass is 9.87. The lowest BCUT2D eigenvalue weighted by Gasteiger charge is -2.30. The van der Waals surface area contributed by atoms with Crippen LogP contribution in [0, 0.1) is 5.92 Å². The average Bonchev–Trinajstić information content (AvgIpc) is 3.20. The quantitative estimate of drug-likeness (QED) is 0.838. The molecule has 2 fully saturated rings. The maximum atomic E-state index is 13.3. The van der Waals surface area contributed by atoms with Crippen molar-refractivity contribution in [3.8, 4) is 0 Å². The second kappa shape index (κ2) is 7.95. The number of hydrogen-bond donors (Lipinski definition) is 0. The number of benzene rings is 2. The van der Waals surface area contributed by atoms with Gasteiger partial charge in [-0.15, -0.1) is 0 Å². The van der Waals surface area contributed by atoms with Gasteiger partial charge in [-0.1, -0.05) is 48.5 Å². The zero-order valence-electron chi connectivity index (χ0n) is 15.6. The van der Waals surface area contributed by atoms with Crippen LogP contribution in [0.15, 0.2) is 60.7 Å². The van der Waals surface area contributed by atoms with Gasteiger partial charge in [0.25, 0.3) is 5.91 Å². The molecule has 2 atom stereocenters. The first kappa shape index (κ1) is 17.8. The second-order valence-electron chi connectivity index (χ2n) is 7.59. The molecule has 27 heavy (non-hydrogen) atoms. The topological polar surface area (TPSA) is 40.6 Å². The molecule has 4 nitrogen and oxygen atoms in total. The van der Waals surface area contributed by atoms with Crippen molar-refractivity contribution in [2.45, 2.75) is 25.2 Å². The first-order valence-electron chi connectivity index (χ1n) is 9.92. The molecule has 0 radical (unpaired) electrons. The molecule has 140 valence electrons. The fourth-order valence-electron chi connectivity index (χ4n) is 4.37. The van der Waals surface area contributed by atoms with Crippen LogP contribution >= 0.6 is 0 Å². The van der Waals surface area contributed by atoms with Crippen LogP contribution in [0.2, 0.25) is 0 Å². The molecule has 2 aromatic rings. The van der Waals surface area contributed by atoms with E-state index in [-0.39, 0.29) is 23.7 Å². The van der Waals surface area contributed by atoms with E-state index in [0.717, 1.165) is 31.5 Å². The summed E-state index contributed by atoms with van der Waals surface area (Å²) >= 11 is 0. The Hall–Kier alpha value is -2.62. The number of likely N-dealkylation sites (tertiary alicyclic amines) is 2. The van der Waals surface area contributed by atoms with E-state index in [2.05, 4.69) is 12.1 Å². The van der Waals surface area contributed by atoms with Crippen molar-refractivity contribution in [1.82, 2.24) is 9.80 Å². The van der Waals surface area contributed by atoms with Crippen molar-refractivity contribution in [1.29, 1.82) is 0 Å². The van der Waals surface area contributed by atoms with E-state index in [1.165, 1.54) is 6.42 Å². The number of rotatable bonds is 3. The number of carbonyl (C=O) groups is 2. The van der Waals surface area contributed by atoms with Gasteiger partial charge in [0.2, 0.25) is 5.91 Å². The number of hydrogen-bond acceptors (Lipinski definition) is 2. The SMILES string of the molecule is O=C(c1ccccc1)N1CC(C(=O)N2CCCCC2)C(c2ccccc2)C1. The average molecular weight is 362 g/mol. The van der Waals surface area contributed by atoms with Gasteiger partial charge in [-0.05, 0) is 37.0 Å². The molecule has 2 aliphatic heterocycles. The zero-order chi connectivity index (χ0) is 18.6. The van der Waals surface area contributed by atoms with Gasteiger partial charge in [-0.3, -0.25) is 9.59 Å². The van der Waals surface area contributed by atoms with Crippen molar-refractivity contribution in [3.05, 3.63) is 71.8 Å². The van der Waals surface area contributed by atoms with Gasteiger partial charge in [0.05, 0.1) is 5.92 Å². The molecule has 0 N–H and O–H groups in total. The molecular formula is C23H26N2O2. The third-order valence-electron chi connectivity index (χ3n) is 5.84. The Kier molecular flexibility index (Phi) is 5.23. The molecule has 4 rings (SSSR count). The van der Waals surface area contributed by atoms with Crippen LogP contribution in [-0.2, 0) is 4.79 Å². The Bertz CT molecular complexity index is 785. The minimum absolute atomic E-state index is 0.0190. The third-order valence-corrected chi connectivity index (χ3v) is 5.84. The van der Waals surface area contributed by atoms with Gasteiger partial charge < -0.3 is 9.80 Å². The highest BCUT2D eigenvalue weighted by Gasteiger charge is 2.42. The highest BCUT2D eigenvalue weighted by molar-refractivity contribution is 5.95. The summed E-state index contributed by atoms with van der Waals surface area (Å²) in [5, 5.41) is 0. The minimum atomic E-state index is -0.154. The first-order chi connectivity index (χ1) is 13.2. The summed E-state index contributed by atoms with van der Waals surface area (Å²) in [5.41, 5.74) is 1.84. The molecular weight excluding hydrogens is 336 g/mol. The van der Waals surface area contributed by atoms with Crippen LogP contribution in [0.4, 0.5) is 0 Å². The van der Waals surface area contributed by atoms with E-state index < -0.39 is 0 Å². The summed E-state index contributed by atoms with van der Waals surface area (Å²) in [5.74, 6) is 0.142. The van der Waals surface area contributed by atoms with Gasteiger partial charge >= 0.3 is 0 Å². The normalized spacial score (nSPS) is 22.7. The fourth-order valence-corrected chi connectivity index (χ4v) is 4.37. The van der Waals surface area contributed by atoms with Crippen molar-refractivity contribution in [3.63, 3.8) is 0 Å². The Morgan fingerprint density at radius 2 is 1.37 bits per heavy atom. The molecule has 2 aliphatic rings. The highest BCUT2D eigenvalue weighted by atomic mass is 16.2. The summed E-state index contributed by atoms with van der Waals surface area (Å²) in [6.07, 6.45) is 3.37. The van der Waals surface area contributed by atoms with Crippen LogP contribution in [0.25, 0.3) is 0 Å². The van der Waals surface area contributed by atoms with Crippen LogP contribution in [0.5, 0.6) is 0 Å². The summed E-state index contributed by atoms with van der Waals surface area (Å²) in [7, 11) is 0. The molecule has 0 aromatic heterocycles. The fraction of sp³-hybridized carbons (Fsp3) is 0.391. The third kappa shape index (κ3) is 3.75. The van der Waals surface area contributed by atoms with Gasteiger partial charge in [0.1, 0.15) is 0 Å². The predicted molar refractivity (Wildman–Crippen MR) is 105 cm³/mol. The van der Waals surface area contributed by atoms with Gasteiger partial charge in [0, 0.05) is 37.7 Å². The van der Waals surface area contributed by atoms with Crippen LogP contribution < -0.4 is 0 Å². The van der Waals surface area contributed by atoms with E-state index in [1.54, 1.807) is 0 Å². The van der Waals surface area contributed by atoms with Gasteiger partial charge in [-0.2, -0.15) is 0 Å². The largest absolute Gasteiger partial charge is 0.342 e. The Balaban J connectivity index is 1.59. The molecule has 0 saturated carbocycles. The van der Waals surface area contributed by atoms with Crippen molar-refractivity contribution in [2.75, 3.05) is 26.2 Å². The van der Waals surface area contributed by atoms with Crippen molar-refractivity contribution in [2.24, 2.45) is 5.92 Å². The summed E-state index contributed by atoms with van der Waals surface area (Å²) in [6.45, 7) is 2.80. The van der Waals surface area contributed by atoms with Crippen molar-refractivity contribution >= 4 is 11.8 Å². The number of amides is 2. The van der Waals surface area contributed by atoms with Gasteiger partial charge in [-0.25, -0.2) is 0 Å². The summed E-state index contributed by atoms with van der Waals surface area (Å²) < 4.78 is 0. The van der Waals surface area contributed by atoms with Crippen LogP contribution in [0.3, 0.4) is 0 Å². The number of carbonyl (C=O) groups excluding carboxylic acids is 2. The van der Waals surface area contributed by atoms with Gasteiger partial charge in [0.15, 0.2) is 0 Å². The zero-order valence-corrected chi connectivity index (χ0v) is 15.6. The highest BCUT2D eigenvalue weighted by Crippen LogP contribution is 2.35. The molecule has 2 aromatic carbocycles. The Labute approximate surface area is 160 Å². The van der Waals surface area contributed by atoms with Crippen molar-refractivity contribution < 1.29 is 9.59 Å². The molecule has 0 bridgehead atoms. The maximum Gasteiger partial charge on any atom is 0.253 e. The molecule has 2 unspecified atom stereocenters. The number of piperidine rings is 1. The minimum Gasteiger partial charge on any atom is -0.342 e. The molecule has 2 heterocycles. The summed E-state index contributed by atoms with van der Waals surface area (Å²) in [4.78, 5) is 30.1. The maximum absolute atomic E-state index is 13.3. The smallest absolute Gasteiger partial charge is 0.253 e.